The molecule has 0 bridgehead atoms. The van der Waals surface area contributed by atoms with Gasteiger partial charge in [-0.25, -0.2) is 0 Å². The number of thiophene rings is 2. The van der Waals surface area contributed by atoms with E-state index in [1.165, 1.54) is 35.9 Å². The third-order valence-corrected chi connectivity index (χ3v) is 9.43. The zero-order valence-electron chi connectivity index (χ0n) is 19.4. The number of hydrogen-bond acceptors (Lipinski definition) is 4. The predicted molar refractivity (Wildman–Crippen MR) is 162 cm³/mol. The fourth-order valence-electron chi connectivity index (χ4n) is 5.33. The third-order valence-electron chi connectivity index (χ3n) is 6.95. The summed E-state index contributed by atoms with van der Waals surface area (Å²) in [6.45, 7) is 0. The number of nitrogens with zero attached hydrogens (tertiary/aromatic N) is 1. The van der Waals surface area contributed by atoms with Gasteiger partial charge in [-0.15, -0.1) is 11.3 Å². The Labute approximate surface area is 225 Å². The van der Waals surface area contributed by atoms with E-state index >= 15 is 0 Å². The van der Waals surface area contributed by atoms with Crippen LogP contribution in [0, 0.1) is 0 Å². The molecule has 0 unspecified atom stereocenters. The van der Waals surface area contributed by atoms with Gasteiger partial charge in [0.05, 0.1) is 10.4 Å². The van der Waals surface area contributed by atoms with E-state index < -0.39 is 0 Å². The fourth-order valence-corrected chi connectivity index (χ4v) is 7.82. The second-order valence-corrected chi connectivity index (χ2v) is 11.6. The Hall–Kier alpha value is -3.83. The molecule has 0 aliphatic heterocycles. The number of fused-ring (bicyclic) bond motifs is 8. The Morgan fingerprint density at radius 1 is 0.595 bits per heavy atom. The van der Waals surface area contributed by atoms with Crippen LogP contribution in [0.25, 0.3) is 51.5 Å². The van der Waals surface area contributed by atoms with Crippen LogP contribution in [0.15, 0.2) is 114 Å². The van der Waals surface area contributed by atoms with Crippen LogP contribution >= 0.6 is 34.3 Å². The van der Waals surface area contributed by atoms with E-state index in [4.69, 9.17) is 16.0 Å². The molecule has 0 spiro atoms. The van der Waals surface area contributed by atoms with Gasteiger partial charge in [-0.3, -0.25) is 0 Å². The van der Waals surface area contributed by atoms with Gasteiger partial charge < -0.3 is 9.32 Å². The van der Waals surface area contributed by atoms with Crippen molar-refractivity contribution in [1.82, 2.24) is 0 Å². The van der Waals surface area contributed by atoms with Gasteiger partial charge in [0.1, 0.15) is 5.58 Å². The van der Waals surface area contributed by atoms with Gasteiger partial charge in [0.25, 0.3) is 0 Å². The van der Waals surface area contributed by atoms with Gasteiger partial charge in [0, 0.05) is 52.7 Å². The van der Waals surface area contributed by atoms with Crippen LogP contribution < -0.4 is 4.90 Å². The molecule has 0 aliphatic rings. The number of para-hydroxylation sites is 1. The average Bonchev–Trinajstić information content (AvgIpc) is 3.59. The van der Waals surface area contributed by atoms with Crippen molar-refractivity contribution in [1.29, 1.82) is 0 Å². The van der Waals surface area contributed by atoms with E-state index in [-0.39, 0.29) is 0 Å². The van der Waals surface area contributed by atoms with Crippen molar-refractivity contribution < 1.29 is 4.42 Å². The van der Waals surface area contributed by atoms with Crippen molar-refractivity contribution in [3.05, 3.63) is 114 Å². The first-order valence-electron chi connectivity index (χ1n) is 12.0. The maximum Gasteiger partial charge on any atom is 0.190 e. The standard InChI is InChI=1S/C32H18ClNOS2/c33-19-13-16-27-25(17-19)30-24-15-14-21(18-29(24)37-32(30)35-27)34(20-7-2-1-3-8-20)26-11-6-10-23-22-9-4-5-12-28(22)36-31(23)26/h1-18H. The molecule has 0 N–H and O–H groups in total. The molecule has 3 heterocycles. The van der Waals surface area contributed by atoms with Crippen molar-refractivity contribution in [2.24, 2.45) is 0 Å². The second kappa shape index (κ2) is 8.09. The SMILES string of the molecule is Clc1ccc2oc3sc4cc(N(c5ccccc5)c5cccc6c5sc5ccccc56)ccc4c3c2c1. The van der Waals surface area contributed by atoms with E-state index in [1.807, 2.05) is 29.5 Å². The first-order chi connectivity index (χ1) is 18.2. The zero-order chi connectivity index (χ0) is 24.5. The van der Waals surface area contributed by atoms with Crippen molar-refractivity contribution in [2.45, 2.75) is 0 Å². The van der Waals surface area contributed by atoms with Crippen molar-refractivity contribution in [3.63, 3.8) is 0 Å². The maximum atomic E-state index is 6.33. The number of hydrogen-bond donors (Lipinski definition) is 0. The molecule has 0 fully saturated rings. The lowest BCUT2D eigenvalue weighted by Crippen LogP contribution is -2.09. The van der Waals surface area contributed by atoms with Gasteiger partial charge >= 0.3 is 0 Å². The lowest BCUT2D eigenvalue weighted by atomic mass is 10.1. The monoisotopic (exact) mass is 531 g/mol. The second-order valence-electron chi connectivity index (χ2n) is 9.11. The van der Waals surface area contributed by atoms with Gasteiger partial charge in [-0.05, 0) is 54.6 Å². The van der Waals surface area contributed by atoms with E-state index in [2.05, 4.69) is 95.9 Å². The molecular formula is C32H18ClNOS2. The molecule has 0 amide bonds. The molecule has 8 aromatic rings. The third kappa shape index (κ3) is 3.23. The Morgan fingerprint density at radius 3 is 2.35 bits per heavy atom. The van der Waals surface area contributed by atoms with E-state index in [1.54, 1.807) is 11.3 Å². The first-order valence-corrected chi connectivity index (χ1v) is 14.1. The average molecular weight is 532 g/mol. The Bertz CT molecular complexity index is 2120. The maximum absolute atomic E-state index is 6.33. The summed E-state index contributed by atoms with van der Waals surface area (Å²) in [5, 5.41) is 6.71. The minimum atomic E-state index is 0.720. The highest BCUT2D eigenvalue weighted by Crippen LogP contribution is 2.47. The van der Waals surface area contributed by atoms with E-state index in [0.717, 1.165) is 37.6 Å². The summed E-state index contributed by atoms with van der Waals surface area (Å²) >= 11 is 9.87. The van der Waals surface area contributed by atoms with Crippen LogP contribution in [0.2, 0.25) is 5.02 Å². The molecule has 0 radical (unpaired) electrons. The van der Waals surface area contributed by atoms with Gasteiger partial charge in [0.15, 0.2) is 4.90 Å². The molecule has 3 aromatic heterocycles. The molecule has 0 atom stereocenters. The fraction of sp³-hybridized carbons (Fsp3) is 0. The summed E-state index contributed by atoms with van der Waals surface area (Å²) in [7, 11) is 0. The van der Waals surface area contributed by atoms with Gasteiger partial charge in [-0.2, -0.15) is 0 Å². The van der Waals surface area contributed by atoms with Crippen LogP contribution in [0.3, 0.4) is 0 Å². The molecule has 176 valence electrons. The van der Waals surface area contributed by atoms with Crippen LogP contribution in [-0.4, -0.2) is 0 Å². The zero-order valence-corrected chi connectivity index (χ0v) is 21.8. The Balaban J connectivity index is 1.39. The lowest BCUT2D eigenvalue weighted by molar-refractivity contribution is 0.678. The summed E-state index contributed by atoms with van der Waals surface area (Å²) < 4.78 is 9.98. The summed E-state index contributed by atoms with van der Waals surface area (Å²) in [4.78, 5) is 3.30. The quantitative estimate of drug-likeness (QED) is 0.225. The van der Waals surface area contributed by atoms with E-state index in [9.17, 15) is 0 Å². The molecule has 8 rings (SSSR count). The molecule has 0 saturated heterocycles. The summed E-state index contributed by atoms with van der Waals surface area (Å²) in [6, 6.07) is 38.4. The van der Waals surface area contributed by atoms with Crippen LogP contribution in [-0.2, 0) is 0 Å². The number of benzene rings is 5. The molecule has 0 aliphatic carbocycles. The van der Waals surface area contributed by atoms with Crippen LogP contribution in [0.4, 0.5) is 17.1 Å². The van der Waals surface area contributed by atoms with Crippen LogP contribution in [0.5, 0.6) is 0 Å². The molecule has 37 heavy (non-hydrogen) atoms. The van der Waals surface area contributed by atoms with Crippen molar-refractivity contribution in [2.75, 3.05) is 4.90 Å². The Morgan fingerprint density at radius 2 is 1.43 bits per heavy atom. The molecular weight excluding hydrogens is 514 g/mol. The van der Waals surface area contributed by atoms with Gasteiger partial charge in [0.2, 0.25) is 0 Å². The normalized spacial score (nSPS) is 11.9. The van der Waals surface area contributed by atoms with Crippen molar-refractivity contribution in [3.8, 4) is 0 Å². The topological polar surface area (TPSA) is 16.4 Å². The highest BCUT2D eigenvalue weighted by atomic mass is 35.5. The van der Waals surface area contributed by atoms with Gasteiger partial charge in [-0.1, -0.05) is 77.5 Å². The highest BCUT2D eigenvalue weighted by Gasteiger charge is 2.20. The van der Waals surface area contributed by atoms with E-state index in [0.29, 0.717) is 0 Å². The molecule has 0 saturated carbocycles. The number of furan rings is 1. The summed E-state index contributed by atoms with van der Waals surface area (Å²) in [5.41, 5.74) is 4.31. The highest BCUT2D eigenvalue weighted by molar-refractivity contribution is 7.26. The minimum Gasteiger partial charge on any atom is -0.445 e. The largest absolute Gasteiger partial charge is 0.445 e. The first kappa shape index (κ1) is 21.3. The summed E-state index contributed by atoms with van der Waals surface area (Å²) in [5.74, 6) is 0. The molecule has 5 heteroatoms. The number of anilines is 3. The predicted octanol–water partition coefficient (Wildman–Crippen LogP) is 11.3. The van der Waals surface area contributed by atoms with Crippen LogP contribution in [0.1, 0.15) is 0 Å². The van der Waals surface area contributed by atoms with Crippen molar-refractivity contribution >= 4 is 103 Å². The summed E-state index contributed by atoms with van der Waals surface area (Å²) in [6.07, 6.45) is 0. The smallest absolute Gasteiger partial charge is 0.190 e. The molecule has 5 aromatic carbocycles. The number of halogens is 1. The minimum absolute atomic E-state index is 0.720. The molecule has 2 nitrogen and oxygen atoms in total. The Kier molecular flexibility index (Phi) is 4.65. The number of rotatable bonds is 3. The lowest BCUT2D eigenvalue weighted by Gasteiger charge is -2.26.